The Labute approximate surface area is 63.0 Å². The van der Waals surface area contributed by atoms with Gasteiger partial charge in [0.2, 0.25) is 0 Å². The first-order chi connectivity index (χ1) is 4.62. The zero-order valence-corrected chi connectivity index (χ0v) is 7.63. The molecule has 0 bridgehead atoms. The van der Waals surface area contributed by atoms with Crippen molar-refractivity contribution in [1.29, 1.82) is 0 Å². The maximum atomic E-state index is 9.12. The van der Waals surface area contributed by atoms with Crippen LogP contribution in [0.4, 0.5) is 0 Å². The van der Waals surface area contributed by atoms with E-state index in [0.29, 0.717) is 12.7 Å². The van der Waals surface area contributed by atoms with Crippen molar-refractivity contribution in [2.45, 2.75) is 32.7 Å². The lowest BCUT2D eigenvalue weighted by Crippen LogP contribution is -2.38. The summed E-state index contributed by atoms with van der Waals surface area (Å²) in [7, 11) is -3.22. The molecule has 3 nitrogen and oxygen atoms in total. The number of hydrogen-bond donors (Lipinski definition) is 2. The minimum atomic E-state index is -3.22. The van der Waals surface area contributed by atoms with Gasteiger partial charge in [-0.25, -0.2) is 0 Å². The van der Waals surface area contributed by atoms with Crippen LogP contribution in [0.1, 0.15) is 26.7 Å². The predicted octanol–water partition coefficient (Wildman–Crippen LogP) is 0.747. The fraction of sp³-hybridized carbons (Fsp3) is 1.00. The van der Waals surface area contributed by atoms with Crippen LogP contribution in [-0.2, 0) is 4.43 Å². The molecule has 0 atom stereocenters. The Morgan fingerprint density at radius 3 is 2.20 bits per heavy atom. The highest BCUT2D eigenvalue weighted by Gasteiger charge is 2.29. The first-order valence-electron chi connectivity index (χ1n) is 3.71. The molecule has 0 aliphatic rings. The molecule has 0 fully saturated rings. The molecule has 0 aromatic heterocycles. The quantitative estimate of drug-likeness (QED) is 0.589. The van der Waals surface area contributed by atoms with E-state index >= 15 is 0 Å². The fourth-order valence-electron chi connectivity index (χ4n) is 0.663. The van der Waals surface area contributed by atoms with Crippen LogP contribution >= 0.6 is 0 Å². The molecular formula is C6H16O3Si. The van der Waals surface area contributed by atoms with Crippen molar-refractivity contribution >= 4 is 8.80 Å². The van der Waals surface area contributed by atoms with Gasteiger partial charge in [0.05, 0.1) is 0 Å². The van der Waals surface area contributed by atoms with E-state index in [1.54, 1.807) is 0 Å². The summed E-state index contributed by atoms with van der Waals surface area (Å²) in [5.74, 6) is 0. The summed E-state index contributed by atoms with van der Waals surface area (Å²) in [6.07, 6.45) is 1.60. The van der Waals surface area contributed by atoms with Crippen molar-refractivity contribution in [3.63, 3.8) is 0 Å². The molecular weight excluding hydrogens is 148 g/mol. The molecule has 2 N–H and O–H groups in total. The summed E-state index contributed by atoms with van der Waals surface area (Å²) in [5.41, 5.74) is 0. The third-order valence-corrected chi connectivity index (χ3v) is 2.93. The van der Waals surface area contributed by atoms with Gasteiger partial charge in [0.25, 0.3) is 0 Å². The van der Waals surface area contributed by atoms with Crippen molar-refractivity contribution in [3.05, 3.63) is 0 Å². The molecule has 0 amide bonds. The number of hydrogen-bond acceptors (Lipinski definition) is 3. The van der Waals surface area contributed by atoms with Gasteiger partial charge in [0.1, 0.15) is 0 Å². The average Bonchev–Trinajstić information content (AvgIpc) is 1.84. The van der Waals surface area contributed by atoms with Gasteiger partial charge in [-0.1, -0.05) is 20.3 Å². The molecule has 0 saturated carbocycles. The Kier molecular flexibility index (Phi) is 4.89. The maximum absolute atomic E-state index is 9.12. The predicted molar refractivity (Wildman–Crippen MR) is 41.5 cm³/mol. The first kappa shape index (κ1) is 10.1. The molecule has 0 aromatic rings. The summed E-state index contributed by atoms with van der Waals surface area (Å²) in [6, 6.07) is 0.410. The van der Waals surface area contributed by atoms with E-state index in [1.807, 2.05) is 13.8 Å². The van der Waals surface area contributed by atoms with Gasteiger partial charge in [-0.3, -0.25) is 0 Å². The van der Waals surface area contributed by atoms with Crippen molar-refractivity contribution in [2.75, 3.05) is 6.61 Å². The van der Waals surface area contributed by atoms with Crippen LogP contribution in [0.25, 0.3) is 0 Å². The van der Waals surface area contributed by atoms with E-state index in [9.17, 15) is 0 Å². The lowest BCUT2D eigenvalue weighted by atomic mass is 10.5. The Morgan fingerprint density at radius 2 is 1.80 bits per heavy atom. The van der Waals surface area contributed by atoms with Crippen molar-refractivity contribution < 1.29 is 14.0 Å². The largest absolute Gasteiger partial charge is 0.495 e. The standard InChI is InChI=1S/C6H16O3Si/c1-3-5-9-10(7,8)6-4-2/h7-8H,3-6H2,1-2H3. The summed E-state index contributed by atoms with van der Waals surface area (Å²) >= 11 is 0. The van der Waals surface area contributed by atoms with Crippen LogP contribution in [-0.4, -0.2) is 25.0 Å². The van der Waals surface area contributed by atoms with Crippen LogP contribution < -0.4 is 0 Å². The molecule has 0 radical (unpaired) electrons. The second-order valence-electron chi connectivity index (χ2n) is 2.34. The summed E-state index contributed by atoms with van der Waals surface area (Å²) in [5, 5.41) is 0. The van der Waals surface area contributed by atoms with E-state index in [0.717, 1.165) is 12.8 Å². The topological polar surface area (TPSA) is 49.7 Å². The monoisotopic (exact) mass is 164 g/mol. The minimum absolute atomic E-state index is 0.410. The Balaban J connectivity index is 3.42. The molecule has 0 unspecified atom stereocenters. The third kappa shape index (κ3) is 4.93. The molecule has 0 aliphatic carbocycles. The average molecular weight is 164 g/mol. The molecule has 0 aliphatic heterocycles. The summed E-state index contributed by atoms with van der Waals surface area (Å²) in [6.45, 7) is 4.30. The van der Waals surface area contributed by atoms with Gasteiger partial charge >= 0.3 is 8.80 Å². The maximum Gasteiger partial charge on any atom is 0.495 e. The third-order valence-electron chi connectivity index (χ3n) is 1.11. The zero-order chi connectivity index (χ0) is 8.04. The Hall–Kier alpha value is 0.0969. The van der Waals surface area contributed by atoms with E-state index in [2.05, 4.69) is 0 Å². The highest BCUT2D eigenvalue weighted by molar-refractivity contribution is 6.57. The van der Waals surface area contributed by atoms with Crippen LogP contribution in [0.2, 0.25) is 6.04 Å². The van der Waals surface area contributed by atoms with Crippen molar-refractivity contribution in [1.82, 2.24) is 0 Å². The molecule has 10 heavy (non-hydrogen) atoms. The van der Waals surface area contributed by atoms with Crippen LogP contribution in [0.5, 0.6) is 0 Å². The molecule has 0 aromatic carbocycles. The summed E-state index contributed by atoms with van der Waals surface area (Å²) < 4.78 is 4.87. The van der Waals surface area contributed by atoms with Crippen LogP contribution in [0.15, 0.2) is 0 Å². The molecule has 0 heterocycles. The highest BCUT2D eigenvalue weighted by atomic mass is 28.4. The van der Waals surface area contributed by atoms with Crippen LogP contribution in [0, 0.1) is 0 Å². The van der Waals surface area contributed by atoms with Gasteiger partial charge < -0.3 is 14.0 Å². The van der Waals surface area contributed by atoms with E-state index in [1.165, 1.54) is 0 Å². The molecule has 0 rings (SSSR count). The van der Waals surface area contributed by atoms with Gasteiger partial charge in [0, 0.05) is 12.7 Å². The molecule has 4 heteroatoms. The SMILES string of the molecule is CCCO[Si](O)(O)CCC. The molecule has 62 valence electrons. The highest BCUT2D eigenvalue weighted by Crippen LogP contribution is 2.06. The second-order valence-corrected chi connectivity index (χ2v) is 4.62. The van der Waals surface area contributed by atoms with Gasteiger partial charge in [-0.15, -0.1) is 0 Å². The number of rotatable bonds is 5. The van der Waals surface area contributed by atoms with Crippen LogP contribution in [0.3, 0.4) is 0 Å². The Bertz CT molecular complexity index is 85.1. The lowest BCUT2D eigenvalue weighted by Gasteiger charge is -2.15. The minimum Gasteiger partial charge on any atom is -0.390 e. The fourth-order valence-corrected chi connectivity index (χ4v) is 1.99. The van der Waals surface area contributed by atoms with Gasteiger partial charge in [-0.05, 0) is 6.42 Å². The normalized spacial score (nSPS) is 12.0. The summed E-state index contributed by atoms with van der Waals surface area (Å²) in [4.78, 5) is 18.2. The first-order valence-corrected chi connectivity index (χ1v) is 5.72. The molecule has 0 saturated heterocycles. The van der Waals surface area contributed by atoms with E-state index in [4.69, 9.17) is 14.0 Å². The second kappa shape index (κ2) is 4.84. The van der Waals surface area contributed by atoms with E-state index < -0.39 is 8.80 Å². The molecule has 0 spiro atoms. The Morgan fingerprint density at radius 1 is 1.20 bits per heavy atom. The van der Waals surface area contributed by atoms with Gasteiger partial charge in [0.15, 0.2) is 0 Å². The van der Waals surface area contributed by atoms with E-state index in [-0.39, 0.29) is 0 Å². The van der Waals surface area contributed by atoms with Gasteiger partial charge in [-0.2, -0.15) is 0 Å². The smallest absolute Gasteiger partial charge is 0.390 e. The zero-order valence-electron chi connectivity index (χ0n) is 6.63. The van der Waals surface area contributed by atoms with Crippen molar-refractivity contribution in [3.8, 4) is 0 Å². The lowest BCUT2D eigenvalue weighted by molar-refractivity contribution is 0.147. The van der Waals surface area contributed by atoms with Crippen molar-refractivity contribution in [2.24, 2.45) is 0 Å².